The van der Waals surface area contributed by atoms with Crippen LogP contribution in [-0.4, -0.2) is 32.1 Å². The van der Waals surface area contributed by atoms with Gasteiger partial charge in [-0.15, -0.1) is 0 Å². The van der Waals surface area contributed by atoms with Gasteiger partial charge in [-0.25, -0.2) is 17.2 Å². The van der Waals surface area contributed by atoms with Crippen molar-refractivity contribution in [1.82, 2.24) is 4.57 Å². The van der Waals surface area contributed by atoms with Crippen molar-refractivity contribution >= 4 is 43.2 Å². The molecule has 7 nitrogen and oxygen atoms in total. The fourth-order valence-corrected chi connectivity index (χ4v) is 5.47. The van der Waals surface area contributed by atoms with Crippen LogP contribution < -0.4 is 9.52 Å². The Morgan fingerprint density at radius 1 is 1.06 bits per heavy atom. The summed E-state index contributed by atoms with van der Waals surface area (Å²) >= 11 is 1.17. The molecule has 1 amide bonds. The fraction of sp³-hybridized carbons (Fsp3) is 0.167. The number of hydrogen-bond acceptors (Lipinski definition) is 5. The van der Waals surface area contributed by atoms with Crippen molar-refractivity contribution in [3.8, 4) is 0 Å². The summed E-state index contributed by atoms with van der Waals surface area (Å²) in [6, 6.07) is 14.6. The lowest BCUT2D eigenvalue weighted by Crippen LogP contribution is -2.20. The summed E-state index contributed by atoms with van der Waals surface area (Å²) in [5, 5.41) is 0. The van der Waals surface area contributed by atoms with E-state index in [1.165, 1.54) is 47.7 Å². The minimum absolute atomic E-state index is 0.117. The van der Waals surface area contributed by atoms with E-state index in [4.69, 9.17) is 4.74 Å². The molecule has 1 N–H and O–H groups in total. The Balaban J connectivity index is 1.65. The Bertz CT molecular complexity index is 1550. The number of carbonyl (C=O) groups is 1. The SMILES string of the molecule is CCOCCn1c(=NC(=O)c2cccc(NS(=O)(=O)c3ccc(F)cc3)c2)sc2cc(F)ccc21. The molecule has 11 heteroatoms. The highest BCUT2D eigenvalue weighted by atomic mass is 32.2. The van der Waals surface area contributed by atoms with E-state index in [9.17, 15) is 22.0 Å². The number of rotatable bonds is 8. The summed E-state index contributed by atoms with van der Waals surface area (Å²) in [7, 11) is -3.98. The number of thiazole rings is 1. The molecule has 3 aromatic carbocycles. The van der Waals surface area contributed by atoms with Gasteiger partial charge in [0.1, 0.15) is 11.6 Å². The van der Waals surface area contributed by atoms with Crippen molar-refractivity contribution in [3.63, 3.8) is 0 Å². The second-order valence-corrected chi connectivity index (χ2v) is 10.1. The molecule has 4 aromatic rings. The average molecular weight is 518 g/mol. The van der Waals surface area contributed by atoms with Crippen LogP contribution in [-0.2, 0) is 21.3 Å². The van der Waals surface area contributed by atoms with Crippen LogP contribution >= 0.6 is 11.3 Å². The van der Waals surface area contributed by atoms with Crippen LogP contribution in [0.4, 0.5) is 14.5 Å². The van der Waals surface area contributed by atoms with Gasteiger partial charge in [0.2, 0.25) is 0 Å². The van der Waals surface area contributed by atoms with Crippen LogP contribution in [0.3, 0.4) is 0 Å². The number of amides is 1. The first-order valence-corrected chi connectivity index (χ1v) is 12.9. The Morgan fingerprint density at radius 3 is 2.54 bits per heavy atom. The first kappa shape index (κ1) is 24.7. The molecule has 0 saturated carbocycles. The van der Waals surface area contributed by atoms with E-state index in [-0.39, 0.29) is 16.1 Å². The van der Waals surface area contributed by atoms with Crippen LogP contribution in [0.5, 0.6) is 0 Å². The van der Waals surface area contributed by atoms with Crippen LogP contribution in [0.1, 0.15) is 17.3 Å². The fourth-order valence-electron chi connectivity index (χ4n) is 3.34. The van der Waals surface area contributed by atoms with Crippen LogP contribution in [0, 0.1) is 11.6 Å². The van der Waals surface area contributed by atoms with Crippen molar-refractivity contribution in [1.29, 1.82) is 0 Å². The van der Waals surface area contributed by atoms with Crippen molar-refractivity contribution in [3.05, 3.63) is 88.7 Å². The number of sulfonamides is 1. The maximum Gasteiger partial charge on any atom is 0.279 e. The summed E-state index contributed by atoms with van der Waals surface area (Å²) in [5.41, 5.74) is 1.03. The standard InChI is InChI=1S/C24H21F2N3O4S2/c1-2-33-13-12-29-21-11-8-18(26)15-22(21)34-24(29)27-23(30)16-4-3-5-19(14-16)28-35(31,32)20-9-6-17(25)7-10-20/h3-11,14-15,28H,2,12-13H2,1H3. The monoisotopic (exact) mass is 517 g/mol. The highest BCUT2D eigenvalue weighted by molar-refractivity contribution is 7.92. The number of nitrogens with zero attached hydrogens (tertiary/aromatic N) is 2. The van der Waals surface area contributed by atoms with E-state index in [1.807, 2.05) is 6.92 Å². The molecule has 0 bridgehead atoms. The topological polar surface area (TPSA) is 89.8 Å². The molecule has 0 atom stereocenters. The quantitative estimate of drug-likeness (QED) is 0.347. The number of carbonyl (C=O) groups excluding carboxylic acids is 1. The highest BCUT2D eigenvalue weighted by Crippen LogP contribution is 2.20. The Morgan fingerprint density at radius 2 is 1.80 bits per heavy atom. The van der Waals surface area contributed by atoms with Gasteiger partial charge in [0.15, 0.2) is 4.80 Å². The molecule has 0 saturated heterocycles. The number of halogens is 2. The second kappa shape index (κ2) is 10.5. The molecule has 0 aliphatic rings. The lowest BCUT2D eigenvalue weighted by Gasteiger charge is -2.09. The predicted octanol–water partition coefficient (Wildman–Crippen LogP) is 4.56. The number of benzene rings is 3. The smallest absolute Gasteiger partial charge is 0.279 e. The number of ether oxygens (including phenoxy) is 1. The molecule has 0 aliphatic carbocycles. The molecular formula is C24H21F2N3O4S2. The lowest BCUT2D eigenvalue weighted by atomic mass is 10.2. The van der Waals surface area contributed by atoms with Gasteiger partial charge in [-0.2, -0.15) is 4.99 Å². The molecule has 1 heterocycles. The van der Waals surface area contributed by atoms with E-state index < -0.39 is 27.6 Å². The summed E-state index contributed by atoms with van der Waals surface area (Å²) in [6.45, 7) is 3.21. The van der Waals surface area contributed by atoms with Crippen molar-refractivity contribution in [2.75, 3.05) is 17.9 Å². The van der Waals surface area contributed by atoms with E-state index in [0.29, 0.717) is 29.3 Å². The summed E-state index contributed by atoms with van der Waals surface area (Å²) < 4.78 is 62.3. The molecule has 1 aromatic heterocycles. The van der Waals surface area contributed by atoms with Crippen molar-refractivity contribution in [2.24, 2.45) is 4.99 Å². The zero-order valence-corrected chi connectivity index (χ0v) is 20.2. The second-order valence-electron chi connectivity index (χ2n) is 7.40. The molecule has 182 valence electrons. The van der Waals surface area contributed by atoms with Crippen molar-refractivity contribution < 1.29 is 26.7 Å². The van der Waals surface area contributed by atoms with Gasteiger partial charge in [-0.3, -0.25) is 9.52 Å². The summed E-state index contributed by atoms with van der Waals surface area (Å²) in [5.74, 6) is -1.54. The van der Waals surface area contributed by atoms with Gasteiger partial charge in [-0.1, -0.05) is 17.4 Å². The Kier molecular flexibility index (Phi) is 7.39. The number of fused-ring (bicyclic) bond motifs is 1. The predicted molar refractivity (Wildman–Crippen MR) is 130 cm³/mol. The van der Waals surface area contributed by atoms with Crippen LogP contribution in [0.2, 0.25) is 0 Å². The first-order chi connectivity index (χ1) is 16.8. The van der Waals surface area contributed by atoms with Crippen LogP contribution in [0.15, 0.2) is 76.6 Å². The highest BCUT2D eigenvalue weighted by Gasteiger charge is 2.16. The zero-order valence-electron chi connectivity index (χ0n) is 18.6. The maximum atomic E-state index is 13.7. The third-order valence-corrected chi connectivity index (χ3v) is 7.43. The molecule has 0 fully saturated rings. The van der Waals surface area contributed by atoms with Gasteiger partial charge in [0.05, 0.1) is 21.7 Å². The van der Waals surface area contributed by atoms with Crippen LogP contribution in [0.25, 0.3) is 10.2 Å². The molecule has 0 radical (unpaired) electrons. The minimum atomic E-state index is -3.98. The lowest BCUT2D eigenvalue weighted by molar-refractivity contribution is 0.0996. The van der Waals surface area contributed by atoms with E-state index in [2.05, 4.69) is 9.71 Å². The zero-order chi connectivity index (χ0) is 25.0. The maximum absolute atomic E-state index is 13.7. The molecule has 0 aliphatic heterocycles. The first-order valence-electron chi connectivity index (χ1n) is 10.6. The normalized spacial score (nSPS) is 12.3. The van der Waals surface area contributed by atoms with E-state index in [1.54, 1.807) is 10.6 Å². The number of nitrogens with one attached hydrogen (secondary N) is 1. The average Bonchev–Trinajstić information content (AvgIpc) is 3.15. The number of aromatic nitrogens is 1. The number of hydrogen-bond donors (Lipinski definition) is 1. The molecule has 0 unspecified atom stereocenters. The van der Waals surface area contributed by atoms with Gasteiger partial charge in [-0.05, 0) is 67.6 Å². The largest absolute Gasteiger partial charge is 0.380 e. The summed E-state index contributed by atoms with van der Waals surface area (Å²) in [6.07, 6.45) is 0. The minimum Gasteiger partial charge on any atom is -0.380 e. The third kappa shape index (κ3) is 5.81. The van der Waals surface area contributed by atoms with E-state index >= 15 is 0 Å². The molecular weight excluding hydrogens is 496 g/mol. The molecule has 4 rings (SSSR count). The number of anilines is 1. The van der Waals surface area contributed by atoms with Crippen molar-refractivity contribution in [2.45, 2.75) is 18.4 Å². The molecule has 0 spiro atoms. The van der Waals surface area contributed by atoms with Gasteiger partial charge in [0.25, 0.3) is 15.9 Å². The van der Waals surface area contributed by atoms with E-state index in [0.717, 1.165) is 29.8 Å². The van der Waals surface area contributed by atoms with Gasteiger partial charge < -0.3 is 9.30 Å². The third-order valence-electron chi connectivity index (χ3n) is 4.99. The Hall–Kier alpha value is -3.41. The summed E-state index contributed by atoms with van der Waals surface area (Å²) in [4.78, 5) is 17.4. The molecule has 35 heavy (non-hydrogen) atoms. The Labute approximate surface area is 204 Å². The van der Waals surface area contributed by atoms with Gasteiger partial charge in [0, 0.05) is 24.4 Å². The van der Waals surface area contributed by atoms with Gasteiger partial charge >= 0.3 is 0 Å².